The Hall–Kier alpha value is -1.31. The largest absolute Gasteiger partial charge is 0.357 e. The smallest absolute Gasteiger partial charge is 0.162 e. The van der Waals surface area contributed by atoms with Gasteiger partial charge in [-0.05, 0) is 13.0 Å². The van der Waals surface area contributed by atoms with Crippen LogP contribution in [0.3, 0.4) is 0 Å². The molecule has 2 heteroatoms. The van der Waals surface area contributed by atoms with E-state index in [2.05, 4.69) is 11.7 Å². The normalized spacial score (nSPS) is 14.1. The van der Waals surface area contributed by atoms with Crippen LogP contribution in [0.25, 0.3) is 12.2 Å². The van der Waals surface area contributed by atoms with Gasteiger partial charge in [0.15, 0.2) is 5.42 Å². The van der Waals surface area contributed by atoms with Crippen molar-refractivity contribution in [2.24, 2.45) is 0 Å². The van der Waals surface area contributed by atoms with E-state index in [1.54, 1.807) is 12.3 Å². The van der Waals surface area contributed by atoms with Crippen LogP contribution in [0.4, 0.5) is 0 Å². The summed E-state index contributed by atoms with van der Waals surface area (Å²) < 4.78 is 4.88. The molecule has 52 valence electrons. The first kappa shape index (κ1) is 6.81. The first-order valence-corrected chi connectivity index (χ1v) is 3.08. The van der Waals surface area contributed by atoms with Gasteiger partial charge in [-0.15, -0.1) is 0 Å². The maximum absolute atomic E-state index is 4.88. The van der Waals surface area contributed by atoms with Gasteiger partial charge in [-0.2, -0.15) is 0 Å². The number of allylic oxidation sites excluding steroid dienone is 1. The Morgan fingerprint density at radius 2 is 2.50 bits per heavy atom. The van der Waals surface area contributed by atoms with E-state index in [1.807, 2.05) is 19.1 Å². The first-order valence-electron chi connectivity index (χ1n) is 3.08. The zero-order valence-electron chi connectivity index (χ0n) is 5.87. The third-order valence-electron chi connectivity index (χ3n) is 1.19. The molecule has 1 aromatic heterocycles. The molecule has 1 aromatic rings. The van der Waals surface area contributed by atoms with E-state index in [0.717, 1.165) is 10.6 Å². The van der Waals surface area contributed by atoms with Crippen LogP contribution in [0.15, 0.2) is 23.4 Å². The van der Waals surface area contributed by atoms with E-state index in [4.69, 9.17) is 4.52 Å². The van der Waals surface area contributed by atoms with Crippen molar-refractivity contribution in [3.05, 3.63) is 29.5 Å². The molecule has 0 bridgehead atoms. The average molecular weight is 135 g/mol. The van der Waals surface area contributed by atoms with Crippen LogP contribution < -0.4 is 10.6 Å². The lowest BCUT2D eigenvalue weighted by atomic mass is 10.4. The van der Waals surface area contributed by atoms with E-state index in [9.17, 15) is 0 Å². The molecule has 0 amide bonds. The second-order valence-corrected chi connectivity index (χ2v) is 1.84. The third-order valence-corrected chi connectivity index (χ3v) is 1.19. The number of hydrogen-bond donors (Lipinski definition) is 0. The fraction of sp³-hybridized carbons (Fsp3) is 0.125. The highest BCUT2D eigenvalue weighted by Gasteiger charge is 1.84. The molecular formula is C8H9NO. The van der Waals surface area contributed by atoms with Crippen molar-refractivity contribution in [2.75, 3.05) is 0 Å². The Labute approximate surface area is 59.2 Å². The molecule has 0 spiro atoms. The summed E-state index contributed by atoms with van der Waals surface area (Å²) in [5, 5.41) is 4.60. The number of hydrogen-bond acceptors (Lipinski definition) is 2. The van der Waals surface area contributed by atoms with Gasteiger partial charge in [0.25, 0.3) is 0 Å². The Morgan fingerprint density at radius 1 is 1.70 bits per heavy atom. The molecule has 0 N–H and O–H groups in total. The highest BCUT2D eigenvalue weighted by molar-refractivity contribution is 5.34. The van der Waals surface area contributed by atoms with Crippen molar-refractivity contribution in [1.29, 1.82) is 0 Å². The first-order chi connectivity index (χ1) is 4.88. The minimum absolute atomic E-state index is 0.792. The molecule has 1 heterocycles. The molecule has 0 saturated heterocycles. The Bertz CT molecular complexity index is 321. The van der Waals surface area contributed by atoms with Gasteiger partial charge in [-0.25, -0.2) is 0 Å². The summed E-state index contributed by atoms with van der Waals surface area (Å²) in [6.07, 6.45) is 7.09. The zero-order valence-corrected chi connectivity index (χ0v) is 5.87. The van der Waals surface area contributed by atoms with Crippen LogP contribution in [-0.4, -0.2) is 5.16 Å². The minimum atomic E-state index is 0.792. The summed E-state index contributed by atoms with van der Waals surface area (Å²) in [7, 11) is 0. The predicted octanol–water partition coefficient (Wildman–Crippen LogP) is 0.442. The molecule has 0 unspecified atom stereocenters. The second-order valence-electron chi connectivity index (χ2n) is 1.84. The number of aromatic nitrogens is 1. The van der Waals surface area contributed by atoms with Gasteiger partial charge >= 0.3 is 0 Å². The summed E-state index contributed by atoms with van der Waals surface area (Å²) >= 11 is 0. The average Bonchev–Trinajstić information content (AvgIpc) is 2.36. The molecule has 10 heavy (non-hydrogen) atoms. The van der Waals surface area contributed by atoms with E-state index in [-0.39, 0.29) is 0 Å². The molecule has 0 fully saturated rings. The van der Waals surface area contributed by atoms with Crippen molar-refractivity contribution in [3.63, 3.8) is 0 Å². The van der Waals surface area contributed by atoms with E-state index in [0.29, 0.717) is 0 Å². The minimum Gasteiger partial charge on any atom is -0.357 e. The molecule has 0 aliphatic rings. The molecule has 0 aromatic carbocycles. The zero-order chi connectivity index (χ0) is 7.40. The lowest BCUT2D eigenvalue weighted by molar-refractivity contribution is 0.393. The monoisotopic (exact) mass is 135 g/mol. The highest BCUT2D eigenvalue weighted by Crippen LogP contribution is 1.66. The molecule has 0 saturated carbocycles. The fourth-order valence-corrected chi connectivity index (χ4v) is 0.728. The van der Waals surface area contributed by atoms with Gasteiger partial charge in [0.05, 0.1) is 6.20 Å². The lowest BCUT2D eigenvalue weighted by Crippen LogP contribution is -2.17. The molecule has 2 nitrogen and oxygen atoms in total. The maximum Gasteiger partial charge on any atom is 0.162 e. The predicted molar refractivity (Wildman–Crippen MR) is 40.6 cm³/mol. The van der Waals surface area contributed by atoms with Gasteiger partial charge in [-0.1, -0.05) is 23.9 Å². The SMILES string of the molecule is C=C/C=c1/cno/c1=C/C. The van der Waals surface area contributed by atoms with Gasteiger partial charge in [0, 0.05) is 5.22 Å². The van der Waals surface area contributed by atoms with Crippen LogP contribution in [-0.2, 0) is 0 Å². The molecule has 0 aliphatic carbocycles. The van der Waals surface area contributed by atoms with Crippen molar-refractivity contribution < 1.29 is 4.52 Å². The topological polar surface area (TPSA) is 26.0 Å². The quantitative estimate of drug-likeness (QED) is 0.558. The van der Waals surface area contributed by atoms with E-state index >= 15 is 0 Å². The van der Waals surface area contributed by atoms with Gasteiger partial charge in [0.1, 0.15) is 0 Å². The summed E-state index contributed by atoms with van der Waals surface area (Å²) in [5.74, 6) is 0. The van der Waals surface area contributed by atoms with E-state index in [1.165, 1.54) is 0 Å². The summed E-state index contributed by atoms with van der Waals surface area (Å²) in [6.45, 7) is 5.48. The van der Waals surface area contributed by atoms with Crippen LogP contribution >= 0.6 is 0 Å². The fourth-order valence-electron chi connectivity index (χ4n) is 0.728. The van der Waals surface area contributed by atoms with Gasteiger partial charge in [-0.3, -0.25) is 0 Å². The second kappa shape index (κ2) is 3.01. The summed E-state index contributed by atoms with van der Waals surface area (Å²) in [5.41, 5.74) is 0.792. The van der Waals surface area contributed by atoms with Gasteiger partial charge < -0.3 is 4.52 Å². The van der Waals surface area contributed by atoms with Crippen molar-refractivity contribution in [3.8, 4) is 0 Å². The third kappa shape index (κ3) is 1.16. The van der Waals surface area contributed by atoms with E-state index < -0.39 is 0 Å². The summed E-state index contributed by atoms with van der Waals surface area (Å²) in [4.78, 5) is 0. The number of nitrogens with zero attached hydrogens (tertiary/aromatic N) is 1. The molecule has 0 aliphatic heterocycles. The molecular weight excluding hydrogens is 126 g/mol. The van der Waals surface area contributed by atoms with Crippen LogP contribution in [0.2, 0.25) is 0 Å². The molecule has 0 atom stereocenters. The standard InChI is InChI=1S/C8H9NO/c1-3-5-7-6-9-10-8(7)4-2/h3-6H,1H2,2H3/b7-5-,8-4+. The number of rotatable bonds is 1. The Morgan fingerprint density at radius 3 is 3.10 bits per heavy atom. The maximum atomic E-state index is 4.88. The van der Waals surface area contributed by atoms with Crippen LogP contribution in [0.1, 0.15) is 6.92 Å². The molecule has 0 radical (unpaired) electrons. The van der Waals surface area contributed by atoms with Gasteiger partial charge in [0.2, 0.25) is 0 Å². The Balaban J connectivity index is 3.41. The summed E-state index contributed by atoms with van der Waals surface area (Å²) in [6, 6.07) is 0. The van der Waals surface area contributed by atoms with Crippen LogP contribution in [0.5, 0.6) is 0 Å². The van der Waals surface area contributed by atoms with Crippen LogP contribution in [0, 0.1) is 0 Å². The van der Waals surface area contributed by atoms with Crippen molar-refractivity contribution in [2.45, 2.75) is 6.92 Å². The lowest BCUT2D eigenvalue weighted by Gasteiger charge is -1.69. The molecule has 1 rings (SSSR count). The highest BCUT2D eigenvalue weighted by atomic mass is 16.5. The van der Waals surface area contributed by atoms with Crippen molar-refractivity contribution >= 4 is 12.2 Å². The van der Waals surface area contributed by atoms with Crippen molar-refractivity contribution in [1.82, 2.24) is 5.16 Å². The Kier molecular flexibility index (Phi) is 2.05.